The number of hydrogen-bond acceptors (Lipinski definition) is 4. The summed E-state index contributed by atoms with van der Waals surface area (Å²) < 4.78 is 0. The minimum absolute atomic E-state index is 0.491. The second kappa shape index (κ2) is 4.68. The molecule has 2 heterocycles. The van der Waals surface area contributed by atoms with Crippen molar-refractivity contribution in [3.63, 3.8) is 0 Å². The fourth-order valence-electron chi connectivity index (χ4n) is 1.95. The fourth-order valence-corrected chi connectivity index (χ4v) is 1.95. The van der Waals surface area contributed by atoms with E-state index in [4.69, 9.17) is 0 Å². The van der Waals surface area contributed by atoms with Crippen molar-refractivity contribution in [1.29, 1.82) is 0 Å². The first-order chi connectivity index (χ1) is 7.24. The minimum Gasteiger partial charge on any atom is -0.311 e. The molecule has 1 aromatic heterocycles. The van der Waals surface area contributed by atoms with E-state index in [0.717, 1.165) is 37.6 Å². The molecule has 15 heavy (non-hydrogen) atoms. The quantitative estimate of drug-likeness (QED) is 0.752. The number of nitrogens with zero attached hydrogens (tertiary/aromatic N) is 3. The average Bonchev–Trinajstić information content (AvgIpc) is 2.17. The molecule has 1 aromatic rings. The summed E-state index contributed by atoms with van der Waals surface area (Å²) in [7, 11) is 2.16. The minimum atomic E-state index is 0.491. The first kappa shape index (κ1) is 10.5. The van der Waals surface area contributed by atoms with Gasteiger partial charge in [-0.15, -0.1) is 0 Å². The SMILES string of the molecule is Cc1ccnc(CC2CN(C)CCN2)n1. The third-order valence-corrected chi connectivity index (χ3v) is 2.73. The van der Waals surface area contributed by atoms with Gasteiger partial charge in [0, 0.05) is 44.0 Å². The van der Waals surface area contributed by atoms with E-state index in [1.807, 2.05) is 19.2 Å². The zero-order chi connectivity index (χ0) is 10.7. The van der Waals surface area contributed by atoms with Crippen molar-refractivity contribution >= 4 is 0 Å². The molecule has 1 N–H and O–H groups in total. The topological polar surface area (TPSA) is 41.1 Å². The lowest BCUT2D eigenvalue weighted by atomic mass is 10.1. The van der Waals surface area contributed by atoms with Gasteiger partial charge in [-0.1, -0.05) is 0 Å². The van der Waals surface area contributed by atoms with Gasteiger partial charge in [0.1, 0.15) is 5.82 Å². The molecule has 0 amide bonds. The summed E-state index contributed by atoms with van der Waals surface area (Å²) in [6.45, 7) is 5.28. The molecular formula is C11H18N4. The first-order valence-corrected chi connectivity index (χ1v) is 5.44. The standard InChI is InChI=1S/C11H18N4/c1-9-3-4-13-11(14-9)7-10-8-15(2)6-5-12-10/h3-4,10,12H,5-8H2,1-2H3. The van der Waals surface area contributed by atoms with Gasteiger partial charge in [0.2, 0.25) is 0 Å². The van der Waals surface area contributed by atoms with Gasteiger partial charge in [-0.3, -0.25) is 0 Å². The van der Waals surface area contributed by atoms with Crippen LogP contribution in [0.25, 0.3) is 0 Å². The molecule has 1 aliphatic heterocycles. The van der Waals surface area contributed by atoms with Crippen LogP contribution in [0.4, 0.5) is 0 Å². The van der Waals surface area contributed by atoms with Gasteiger partial charge in [-0.25, -0.2) is 9.97 Å². The zero-order valence-corrected chi connectivity index (χ0v) is 9.40. The van der Waals surface area contributed by atoms with E-state index in [9.17, 15) is 0 Å². The van der Waals surface area contributed by atoms with Crippen LogP contribution in [0.1, 0.15) is 11.5 Å². The Labute approximate surface area is 90.7 Å². The van der Waals surface area contributed by atoms with E-state index in [1.165, 1.54) is 0 Å². The summed E-state index contributed by atoms with van der Waals surface area (Å²) in [6.07, 6.45) is 2.76. The maximum atomic E-state index is 4.42. The molecular weight excluding hydrogens is 188 g/mol. The van der Waals surface area contributed by atoms with Crippen LogP contribution in [-0.4, -0.2) is 47.6 Å². The van der Waals surface area contributed by atoms with E-state index in [0.29, 0.717) is 6.04 Å². The van der Waals surface area contributed by atoms with Crippen LogP contribution in [0, 0.1) is 6.92 Å². The maximum Gasteiger partial charge on any atom is 0.130 e. The molecule has 0 aliphatic carbocycles. The Bertz CT molecular complexity index is 326. The lowest BCUT2D eigenvalue weighted by Crippen LogP contribution is -2.50. The largest absolute Gasteiger partial charge is 0.311 e. The van der Waals surface area contributed by atoms with E-state index in [-0.39, 0.29) is 0 Å². The summed E-state index contributed by atoms with van der Waals surface area (Å²) in [5.74, 6) is 0.947. The normalized spacial score (nSPS) is 22.9. The molecule has 4 heteroatoms. The van der Waals surface area contributed by atoms with Gasteiger partial charge >= 0.3 is 0 Å². The zero-order valence-electron chi connectivity index (χ0n) is 9.40. The Morgan fingerprint density at radius 1 is 1.60 bits per heavy atom. The number of aromatic nitrogens is 2. The van der Waals surface area contributed by atoms with Gasteiger partial charge < -0.3 is 10.2 Å². The van der Waals surface area contributed by atoms with E-state index in [1.54, 1.807) is 0 Å². The Hall–Kier alpha value is -1.00. The number of hydrogen-bond donors (Lipinski definition) is 1. The van der Waals surface area contributed by atoms with Crippen molar-refractivity contribution < 1.29 is 0 Å². The second-order valence-electron chi connectivity index (χ2n) is 4.23. The first-order valence-electron chi connectivity index (χ1n) is 5.44. The Morgan fingerprint density at radius 3 is 3.20 bits per heavy atom. The highest BCUT2D eigenvalue weighted by molar-refractivity contribution is 5.01. The van der Waals surface area contributed by atoms with Gasteiger partial charge in [0.15, 0.2) is 0 Å². The van der Waals surface area contributed by atoms with Gasteiger partial charge in [0.05, 0.1) is 0 Å². The molecule has 1 saturated heterocycles. The van der Waals surface area contributed by atoms with Crippen molar-refractivity contribution in [3.05, 3.63) is 23.8 Å². The third kappa shape index (κ3) is 2.97. The van der Waals surface area contributed by atoms with E-state index >= 15 is 0 Å². The monoisotopic (exact) mass is 206 g/mol. The molecule has 1 fully saturated rings. The smallest absolute Gasteiger partial charge is 0.130 e. The van der Waals surface area contributed by atoms with Crippen LogP contribution >= 0.6 is 0 Å². The summed E-state index contributed by atoms with van der Waals surface area (Å²) in [4.78, 5) is 11.1. The Balaban J connectivity index is 1.96. The Kier molecular flexibility index (Phi) is 3.28. The summed E-state index contributed by atoms with van der Waals surface area (Å²) >= 11 is 0. The summed E-state index contributed by atoms with van der Waals surface area (Å²) in [5.41, 5.74) is 1.05. The molecule has 1 atom stereocenters. The molecule has 0 radical (unpaired) electrons. The molecule has 0 aromatic carbocycles. The van der Waals surface area contributed by atoms with Gasteiger partial charge in [-0.05, 0) is 20.0 Å². The highest BCUT2D eigenvalue weighted by Gasteiger charge is 2.17. The van der Waals surface area contributed by atoms with Crippen LogP contribution in [-0.2, 0) is 6.42 Å². The fraction of sp³-hybridized carbons (Fsp3) is 0.636. The summed E-state index contributed by atoms with van der Waals surface area (Å²) in [6, 6.07) is 2.43. The van der Waals surface area contributed by atoms with E-state index in [2.05, 4.69) is 27.2 Å². The molecule has 0 saturated carbocycles. The van der Waals surface area contributed by atoms with Crippen molar-refractivity contribution in [2.75, 3.05) is 26.7 Å². The molecule has 1 unspecified atom stereocenters. The van der Waals surface area contributed by atoms with Crippen LogP contribution in [0.2, 0.25) is 0 Å². The number of likely N-dealkylation sites (N-methyl/N-ethyl adjacent to an activating group) is 1. The number of aryl methyl sites for hydroxylation is 1. The van der Waals surface area contributed by atoms with Gasteiger partial charge in [-0.2, -0.15) is 0 Å². The molecule has 4 nitrogen and oxygen atoms in total. The second-order valence-corrected chi connectivity index (χ2v) is 4.23. The van der Waals surface area contributed by atoms with Crippen molar-refractivity contribution in [1.82, 2.24) is 20.2 Å². The molecule has 2 rings (SSSR count). The average molecular weight is 206 g/mol. The molecule has 1 aliphatic rings. The van der Waals surface area contributed by atoms with Gasteiger partial charge in [0.25, 0.3) is 0 Å². The van der Waals surface area contributed by atoms with Crippen LogP contribution in [0.15, 0.2) is 12.3 Å². The van der Waals surface area contributed by atoms with Crippen LogP contribution in [0.3, 0.4) is 0 Å². The highest BCUT2D eigenvalue weighted by Crippen LogP contribution is 2.03. The number of rotatable bonds is 2. The predicted molar refractivity (Wildman–Crippen MR) is 59.8 cm³/mol. The predicted octanol–water partition coefficient (Wildman–Crippen LogP) is 0.231. The Morgan fingerprint density at radius 2 is 2.47 bits per heavy atom. The van der Waals surface area contributed by atoms with Crippen molar-refractivity contribution in [2.45, 2.75) is 19.4 Å². The number of nitrogens with one attached hydrogen (secondary N) is 1. The summed E-state index contributed by atoms with van der Waals surface area (Å²) in [5, 5.41) is 3.50. The maximum absolute atomic E-state index is 4.42. The molecule has 82 valence electrons. The highest BCUT2D eigenvalue weighted by atomic mass is 15.2. The molecule has 0 bridgehead atoms. The molecule has 0 spiro atoms. The van der Waals surface area contributed by atoms with Crippen molar-refractivity contribution in [3.8, 4) is 0 Å². The lowest BCUT2D eigenvalue weighted by Gasteiger charge is -2.30. The lowest BCUT2D eigenvalue weighted by molar-refractivity contribution is 0.236. The van der Waals surface area contributed by atoms with Crippen LogP contribution in [0.5, 0.6) is 0 Å². The van der Waals surface area contributed by atoms with Crippen molar-refractivity contribution in [2.24, 2.45) is 0 Å². The van der Waals surface area contributed by atoms with Crippen LogP contribution < -0.4 is 5.32 Å². The number of piperazine rings is 1. The van der Waals surface area contributed by atoms with E-state index < -0.39 is 0 Å². The third-order valence-electron chi connectivity index (χ3n) is 2.73.